The van der Waals surface area contributed by atoms with Crippen molar-refractivity contribution in [1.82, 2.24) is 0 Å². The van der Waals surface area contributed by atoms with Crippen LogP contribution < -0.4 is 9.78 Å². The molecule has 0 saturated heterocycles. The summed E-state index contributed by atoms with van der Waals surface area (Å²) in [5, 5.41) is 0. The quantitative estimate of drug-likeness (QED) is 0.279. The lowest BCUT2D eigenvalue weighted by atomic mass is 9.86. The molecule has 0 bridgehead atoms. The van der Waals surface area contributed by atoms with Crippen molar-refractivity contribution in [2.45, 2.75) is 52.4 Å². The van der Waals surface area contributed by atoms with Gasteiger partial charge in [-0.3, -0.25) is 0 Å². The lowest BCUT2D eigenvalue weighted by Gasteiger charge is -2.23. The van der Waals surface area contributed by atoms with Crippen LogP contribution in [0.25, 0.3) is 0 Å². The van der Waals surface area contributed by atoms with E-state index in [4.69, 9.17) is 42.2 Å². The molecule has 0 aliphatic carbocycles. The zero-order valence-corrected chi connectivity index (χ0v) is 19.0. The zero-order chi connectivity index (χ0) is 20.3. The van der Waals surface area contributed by atoms with E-state index in [1.807, 2.05) is 36.4 Å². The fraction of sp³-hybridized carbons (Fsp3) is 0.400. The molecule has 0 aliphatic rings. The summed E-state index contributed by atoms with van der Waals surface area (Å²) in [5.74, 6) is -2.23. The third-order valence-corrected chi connectivity index (χ3v) is 5.03. The number of rotatable bonds is 6. The molecule has 2 aromatic carbocycles. The molecule has 0 aliphatic heterocycles. The Morgan fingerprint density at radius 3 is 1.37 bits per heavy atom. The Bertz CT molecular complexity index is 762. The average Bonchev–Trinajstić information content (AvgIpc) is 2.57. The van der Waals surface area contributed by atoms with Gasteiger partial charge in [0.25, 0.3) is 0 Å². The van der Waals surface area contributed by atoms with Gasteiger partial charge in [-0.1, -0.05) is 77.9 Å². The van der Waals surface area contributed by atoms with Crippen molar-refractivity contribution < 1.29 is 19.1 Å². The lowest BCUT2D eigenvalue weighted by molar-refractivity contribution is -0.154. The normalized spacial score (nSPS) is 12.7. The molecule has 7 heteroatoms. The molecule has 0 atom stereocenters. The van der Waals surface area contributed by atoms with E-state index in [9.17, 15) is 0 Å². The summed E-state index contributed by atoms with van der Waals surface area (Å²) in [6.07, 6.45) is 0. The molecular formula is C20H26ClO4PS. The van der Waals surface area contributed by atoms with E-state index in [2.05, 4.69) is 41.5 Å². The van der Waals surface area contributed by atoms with Gasteiger partial charge < -0.3 is 9.78 Å². The van der Waals surface area contributed by atoms with Crippen molar-refractivity contribution in [3.8, 4) is 11.5 Å². The van der Waals surface area contributed by atoms with E-state index in [0.29, 0.717) is 11.5 Å². The van der Waals surface area contributed by atoms with Gasteiger partial charge in [-0.15, -0.1) is 9.35 Å². The molecule has 0 saturated carbocycles. The van der Waals surface area contributed by atoms with E-state index >= 15 is 0 Å². The Balaban J connectivity index is 2.07. The highest BCUT2D eigenvalue weighted by Gasteiger charge is 2.26. The summed E-state index contributed by atoms with van der Waals surface area (Å²) in [4.78, 5) is 10.8. The van der Waals surface area contributed by atoms with Crippen molar-refractivity contribution in [3.05, 3.63) is 59.7 Å². The Morgan fingerprint density at radius 1 is 0.704 bits per heavy atom. The van der Waals surface area contributed by atoms with Crippen LogP contribution in [0.5, 0.6) is 11.5 Å². The summed E-state index contributed by atoms with van der Waals surface area (Å²) in [6, 6.07) is 15.1. The summed E-state index contributed by atoms with van der Waals surface area (Å²) in [6.45, 7) is 12.5. The molecule has 148 valence electrons. The minimum atomic E-state index is -3.31. The topological polar surface area (TPSA) is 36.9 Å². The molecule has 4 nitrogen and oxygen atoms in total. The van der Waals surface area contributed by atoms with E-state index in [1.165, 1.54) is 0 Å². The van der Waals surface area contributed by atoms with Crippen molar-refractivity contribution in [3.63, 3.8) is 0 Å². The third kappa shape index (κ3) is 6.48. The Hall–Kier alpha value is -1.10. The molecule has 0 radical (unpaired) electrons. The van der Waals surface area contributed by atoms with Crippen molar-refractivity contribution in [1.29, 1.82) is 0 Å². The van der Waals surface area contributed by atoms with Gasteiger partial charge in [0.1, 0.15) is 0 Å². The molecule has 0 unspecified atom stereocenters. The summed E-state index contributed by atoms with van der Waals surface area (Å²) >= 11 is 11.4. The second-order valence-corrected chi connectivity index (χ2v) is 12.8. The predicted molar refractivity (Wildman–Crippen MR) is 114 cm³/mol. The summed E-state index contributed by atoms with van der Waals surface area (Å²) in [7, 11) is 0. The average molecular weight is 429 g/mol. The third-order valence-electron chi connectivity index (χ3n) is 3.82. The number of para-hydroxylation sites is 2. The van der Waals surface area contributed by atoms with Crippen molar-refractivity contribution in [2.24, 2.45) is 0 Å². The molecule has 0 aromatic heterocycles. The Morgan fingerprint density at radius 2 is 1.04 bits per heavy atom. The van der Waals surface area contributed by atoms with E-state index in [-0.39, 0.29) is 10.8 Å². The lowest BCUT2D eigenvalue weighted by Crippen LogP contribution is -2.14. The van der Waals surface area contributed by atoms with Crippen LogP contribution in [0.4, 0.5) is 0 Å². The van der Waals surface area contributed by atoms with Crippen LogP contribution in [0.15, 0.2) is 48.5 Å². The van der Waals surface area contributed by atoms with E-state index in [0.717, 1.165) is 11.1 Å². The fourth-order valence-corrected chi connectivity index (χ4v) is 3.21. The second-order valence-electron chi connectivity index (χ2n) is 8.24. The standard InChI is InChI=1S/C20H26ClO4PS/c1-19(2,3)15-11-7-9-13-17(15)22-24-26(21,27)25-23-18-14-10-8-12-16(18)20(4,5)6/h7-14H,1-6H3. The van der Waals surface area contributed by atoms with Crippen LogP contribution in [-0.4, -0.2) is 0 Å². The minimum Gasteiger partial charge on any atom is -0.330 e. The van der Waals surface area contributed by atoms with Gasteiger partial charge in [-0.2, -0.15) is 0 Å². The number of benzene rings is 2. The minimum absolute atomic E-state index is 0.127. The first-order valence-electron chi connectivity index (χ1n) is 8.61. The maximum Gasteiger partial charge on any atom is 0.364 e. The molecular weight excluding hydrogens is 403 g/mol. The van der Waals surface area contributed by atoms with Crippen LogP contribution >= 0.6 is 17.1 Å². The highest BCUT2D eigenvalue weighted by atomic mass is 35.7. The van der Waals surface area contributed by atoms with Crippen LogP contribution in [0.1, 0.15) is 52.7 Å². The first-order chi connectivity index (χ1) is 12.4. The van der Waals surface area contributed by atoms with Crippen molar-refractivity contribution >= 4 is 28.9 Å². The SMILES string of the molecule is CC(C)(C)c1ccccc1OOP(=S)(Cl)OOc1ccccc1C(C)(C)C. The smallest absolute Gasteiger partial charge is 0.330 e. The van der Waals surface area contributed by atoms with Crippen LogP contribution in [-0.2, 0) is 32.0 Å². The summed E-state index contributed by atoms with van der Waals surface area (Å²) in [5.41, 5.74) is 1.68. The summed E-state index contributed by atoms with van der Waals surface area (Å²) < 4.78 is 10.5. The van der Waals surface area contributed by atoms with Crippen LogP contribution in [0.3, 0.4) is 0 Å². The Labute approximate surface area is 171 Å². The zero-order valence-electron chi connectivity index (χ0n) is 16.5. The number of hydrogen-bond acceptors (Lipinski definition) is 5. The van der Waals surface area contributed by atoms with Crippen LogP contribution in [0.2, 0.25) is 0 Å². The van der Waals surface area contributed by atoms with Gasteiger partial charge in [0, 0.05) is 11.1 Å². The monoisotopic (exact) mass is 428 g/mol. The highest BCUT2D eigenvalue weighted by Crippen LogP contribution is 2.55. The molecule has 0 amide bonds. The fourth-order valence-electron chi connectivity index (χ4n) is 2.50. The van der Waals surface area contributed by atoms with Gasteiger partial charge in [0.05, 0.1) is 0 Å². The molecule has 0 N–H and O–H groups in total. The predicted octanol–water partition coefficient (Wildman–Crippen LogP) is 7.07. The van der Waals surface area contributed by atoms with Gasteiger partial charge in [-0.05, 0) is 46.0 Å². The maximum absolute atomic E-state index is 6.20. The number of halogens is 1. The van der Waals surface area contributed by atoms with E-state index in [1.54, 1.807) is 12.1 Å². The molecule has 27 heavy (non-hydrogen) atoms. The van der Waals surface area contributed by atoms with Gasteiger partial charge in [0.2, 0.25) is 0 Å². The molecule has 0 spiro atoms. The molecule has 2 aromatic rings. The second kappa shape index (κ2) is 8.50. The van der Waals surface area contributed by atoms with Gasteiger partial charge in [-0.25, -0.2) is 0 Å². The maximum atomic E-state index is 6.20. The largest absolute Gasteiger partial charge is 0.364 e. The first kappa shape index (κ1) is 22.2. The highest BCUT2D eigenvalue weighted by molar-refractivity contribution is 8.22. The number of hydrogen-bond donors (Lipinski definition) is 0. The van der Waals surface area contributed by atoms with Crippen molar-refractivity contribution in [2.75, 3.05) is 0 Å². The van der Waals surface area contributed by atoms with Gasteiger partial charge >= 0.3 is 5.84 Å². The molecule has 0 fully saturated rings. The Kier molecular flexibility index (Phi) is 6.99. The molecule has 2 rings (SSSR count). The van der Waals surface area contributed by atoms with Gasteiger partial charge in [0.15, 0.2) is 11.5 Å². The first-order valence-corrected chi connectivity index (χ1v) is 12.2. The molecule has 0 heterocycles. The van der Waals surface area contributed by atoms with Crippen LogP contribution in [0, 0.1) is 0 Å². The van der Waals surface area contributed by atoms with E-state index < -0.39 is 5.84 Å².